The summed E-state index contributed by atoms with van der Waals surface area (Å²) in [6.07, 6.45) is -0.485. The minimum Gasteiger partial charge on any atom is -0.482 e. The van der Waals surface area contributed by atoms with Crippen LogP contribution in [0.1, 0.15) is 12.5 Å². The third kappa shape index (κ3) is 4.53. The molecule has 0 aliphatic carbocycles. The number of benzene rings is 2. The Morgan fingerprint density at radius 3 is 2.31 bits per heavy atom. The van der Waals surface area contributed by atoms with E-state index >= 15 is 0 Å². The van der Waals surface area contributed by atoms with Crippen LogP contribution in [0.2, 0.25) is 0 Å². The van der Waals surface area contributed by atoms with Crippen LogP contribution in [0.15, 0.2) is 54.6 Å². The maximum absolute atomic E-state index is 12.3. The second-order valence-corrected chi connectivity index (χ2v) is 6.11. The van der Waals surface area contributed by atoms with Gasteiger partial charge in [0.2, 0.25) is 12.0 Å². The molecule has 0 fully saturated rings. The third-order valence-corrected chi connectivity index (χ3v) is 4.10. The molecule has 26 heavy (non-hydrogen) atoms. The van der Waals surface area contributed by atoms with E-state index in [-0.39, 0.29) is 18.4 Å². The lowest BCUT2D eigenvalue weighted by atomic mass is 10.1. The zero-order valence-corrected chi connectivity index (χ0v) is 14.6. The quantitative estimate of drug-likeness (QED) is 0.828. The number of amides is 2. The van der Waals surface area contributed by atoms with Crippen LogP contribution in [0.3, 0.4) is 0 Å². The minimum absolute atomic E-state index is 0.0954. The third-order valence-electron chi connectivity index (χ3n) is 4.10. The number of hydrogen-bond acceptors (Lipinski definition) is 4. The second kappa shape index (κ2) is 8.38. The van der Waals surface area contributed by atoms with E-state index in [1.54, 1.807) is 19.1 Å². The van der Waals surface area contributed by atoms with Crippen molar-refractivity contribution in [1.82, 2.24) is 10.6 Å². The van der Waals surface area contributed by atoms with Crippen molar-refractivity contribution in [3.05, 3.63) is 60.2 Å². The van der Waals surface area contributed by atoms with E-state index in [9.17, 15) is 9.59 Å². The lowest BCUT2D eigenvalue weighted by Gasteiger charge is -2.30. The van der Waals surface area contributed by atoms with Gasteiger partial charge in [-0.15, -0.1) is 0 Å². The summed E-state index contributed by atoms with van der Waals surface area (Å²) in [6.45, 7) is 2.19. The summed E-state index contributed by atoms with van der Waals surface area (Å²) in [5.74, 6) is 0.532. The fraction of sp³-hybridized carbons (Fsp3) is 0.300. The largest absolute Gasteiger partial charge is 0.482 e. The van der Waals surface area contributed by atoms with Crippen LogP contribution in [0.4, 0.5) is 0 Å². The van der Waals surface area contributed by atoms with Gasteiger partial charge < -0.3 is 20.1 Å². The predicted octanol–water partition coefficient (Wildman–Crippen LogP) is 1.69. The van der Waals surface area contributed by atoms with Crippen molar-refractivity contribution in [2.45, 2.75) is 25.6 Å². The number of carbonyl (C=O) groups excluding carboxylic acids is 2. The molecule has 0 spiro atoms. The second-order valence-electron chi connectivity index (χ2n) is 6.11. The van der Waals surface area contributed by atoms with Gasteiger partial charge in [-0.3, -0.25) is 9.59 Å². The highest BCUT2D eigenvalue weighted by molar-refractivity contribution is 5.87. The fourth-order valence-electron chi connectivity index (χ4n) is 2.73. The molecular weight excluding hydrogens is 332 g/mol. The van der Waals surface area contributed by atoms with Crippen molar-refractivity contribution >= 4 is 11.8 Å². The van der Waals surface area contributed by atoms with Gasteiger partial charge in [0, 0.05) is 6.54 Å². The molecule has 1 aliphatic rings. The number of carbonyl (C=O) groups is 2. The van der Waals surface area contributed by atoms with Gasteiger partial charge in [0.25, 0.3) is 5.91 Å². The molecule has 136 valence electrons. The van der Waals surface area contributed by atoms with Crippen molar-refractivity contribution in [2.24, 2.45) is 0 Å². The van der Waals surface area contributed by atoms with Crippen LogP contribution < -0.4 is 20.1 Å². The van der Waals surface area contributed by atoms with Crippen molar-refractivity contribution in [3.8, 4) is 11.5 Å². The highest BCUT2D eigenvalue weighted by atomic mass is 16.6. The summed E-state index contributed by atoms with van der Waals surface area (Å²) in [7, 11) is 0. The van der Waals surface area contributed by atoms with E-state index in [4.69, 9.17) is 9.47 Å². The van der Waals surface area contributed by atoms with Crippen LogP contribution >= 0.6 is 0 Å². The lowest BCUT2D eigenvalue weighted by Crippen LogP contribution is -2.51. The zero-order valence-electron chi connectivity index (χ0n) is 14.6. The predicted molar refractivity (Wildman–Crippen MR) is 97.1 cm³/mol. The molecule has 6 nitrogen and oxygen atoms in total. The molecular formula is C20H22N2O4. The summed E-state index contributed by atoms with van der Waals surface area (Å²) in [6, 6.07) is 17.1. The molecule has 1 heterocycles. The number of rotatable bonds is 6. The highest BCUT2D eigenvalue weighted by Crippen LogP contribution is 2.33. The van der Waals surface area contributed by atoms with Gasteiger partial charge in [-0.2, -0.15) is 0 Å². The Morgan fingerprint density at radius 1 is 0.923 bits per heavy atom. The van der Waals surface area contributed by atoms with Crippen LogP contribution in [-0.2, 0) is 16.0 Å². The maximum Gasteiger partial charge on any atom is 0.265 e. The van der Waals surface area contributed by atoms with Gasteiger partial charge in [0.15, 0.2) is 11.5 Å². The first kappa shape index (κ1) is 17.8. The molecule has 2 aromatic rings. The summed E-state index contributed by atoms with van der Waals surface area (Å²) in [5, 5.41) is 5.40. The fourth-order valence-corrected chi connectivity index (χ4v) is 2.73. The van der Waals surface area contributed by atoms with Crippen LogP contribution in [-0.4, -0.2) is 37.1 Å². The zero-order chi connectivity index (χ0) is 18.4. The average Bonchev–Trinajstić information content (AvgIpc) is 2.66. The van der Waals surface area contributed by atoms with Crippen molar-refractivity contribution in [1.29, 1.82) is 0 Å². The van der Waals surface area contributed by atoms with Crippen molar-refractivity contribution < 1.29 is 19.1 Å². The topological polar surface area (TPSA) is 76.7 Å². The van der Waals surface area contributed by atoms with E-state index in [0.717, 1.165) is 12.0 Å². The maximum atomic E-state index is 12.3. The summed E-state index contributed by atoms with van der Waals surface area (Å²) < 4.78 is 11.4. The molecule has 0 saturated heterocycles. The average molecular weight is 354 g/mol. The molecule has 0 aromatic heterocycles. The van der Waals surface area contributed by atoms with Gasteiger partial charge in [-0.1, -0.05) is 42.5 Å². The first-order chi connectivity index (χ1) is 12.6. The molecule has 0 bridgehead atoms. The smallest absolute Gasteiger partial charge is 0.265 e. The Hall–Kier alpha value is -3.02. The summed E-state index contributed by atoms with van der Waals surface area (Å²) in [4.78, 5) is 24.2. The number of ether oxygens (including phenoxy) is 2. The lowest BCUT2D eigenvalue weighted by molar-refractivity contribution is -0.135. The van der Waals surface area contributed by atoms with Crippen LogP contribution in [0.5, 0.6) is 11.5 Å². The van der Waals surface area contributed by atoms with Crippen LogP contribution in [0.25, 0.3) is 0 Å². The van der Waals surface area contributed by atoms with Crippen molar-refractivity contribution in [3.63, 3.8) is 0 Å². The standard InChI is InChI=1S/C20H22N2O4/c1-14-19(26-17-10-6-5-9-16(17)25-14)20(24)22-13-18(23)21-12-11-15-7-3-2-4-8-15/h2-10,14,19H,11-13H2,1H3,(H,21,23)(H,22,24)/t14-,19-/m1/s1. The van der Waals surface area contributed by atoms with Gasteiger partial charge in [-0.05, 0) is 31.0 Å². The van der Waals surface area contributed by atoms with Gasteiger partial charge in [-0.25, -0.2) is 0 Å². The van der Waals surface area contributed by atoms with Gasteiger partial charge >= 0.3 is 0 Å². The highest BCUT2D eigenvalue weighted by Gasteiger charge is 2.34. The number of nitrogens with one attached hydrogen (secondary N) is 2. The monoisotopic (exact) mass is 354 g/mol. The molecule has 2 amide bonds. The van der Waals surface area contributed by atoms with Crippen molar-refractivity contribution in [2.75, 3.05) is 13.1 Å². The molecule has 1 aliphatic heterocycles. The molecule has 2 aromatic carbocycles. The Labute approximate surface area is 152 Å². The summed E-state index contributed by atoms with van der Waals surface area (Å²) in [5.41, 5.74) is 1.15. The summed E-state index contributed by atoms with van der Waals surface area (Å²) >= 11 is 0. The van der Waals surface area contributed by atoms with Gasteiger partial charge in [0.05, 0.1) is 6.54 Å². The van der Waals surface area contributed by atoms with E-state index in [0.29, 0.717) is 18.0 Å². The molecule has 3 rings (SSSR count). The molecule has 2 N–H and O–H groups in total. The molecule has 0 radical (unpaired) electrons. The number of hydrogen-bond donors (Lipinski definition) is 2. The molecule has 2 atom stereocenters. The Bertz CT molecular complexity index is 763. The Balaban J connectivity index is 1.43. The Morgan fingerprint density at radius 2 is 1.58 bits per heavy atom. The van der Waals surface area contributed by atoms with E-state index in [1.165, 1.54) is 0 Å². The normalized spacial score (nSPS) is 18.0. The SMILES string of the molecule is C[C@H]1Oc2ccccc2O[C@H]1C(=O)NCC(=O)NCCc1ccccc1. The van der Waals surface area contributed by atoms with E-state index in [1.807, 2.05) is 42.5 Å². The number of para-hydroxylation sites is 2. The molecule has 0 unspecified atom stereocenters. The first-order valence-corrected chi connectivity index (χ1v) is 8.64. The van der Waals surface area contributed by atoms with Crippen LogP contribution in [0, 0.1) is 0 Å². The van der Waals surface area contributed by atoms with Gasteiger partial charge in [0.1, 0.15) is 6.10 Å². The van der Waals surface area contributed by atoms with E-state index in [2.05, 4.69) is 10.6 Å². The number of fused-ring (bicyclic) bond motifs is 1. The molecule has 0 saturated carbocycles. The Kier molecular flexibility index (Phi) is 5.73. The molecule has 6 heteroatoms. The minimum atomic E-state index is -0.790. The first-order valence-electron chi connectivity index (χ1n) is 8.64. The van der Waals surface area contributed by atoms with E-state index < -0.39 is 12.2 Å².